The third kappa shape index (κ3) is 7.56. The Balaban J connectivity index is 0. The summed E-state index contributed by atoms with van der Waals surface area (Å²) in [6, 6.07) is 8.05. The van der Waals surface area contributed by atoms with Crippen molar-refractivity contribution in [1.29, 1.82) is 0 Å². The SMILES string of the molecule is CC(=O)NCC1CCC(C(=O)N(C)c2cc[c]([Ge])cc2)CC1.O.O.O. The van der Waals surface area contributed by atoms with Gasteiger partial charge in [0.15, 0.2) is 0 Å². The number of nitrogens with one attached hydrogen (secondary N) is 1. The third-order valence-corrected chi connectivity index (χ3v) is 5.12. The van der Waals surface area contributed by atoms with Crippen molar-refractivity contribution in [2.45, 2.75) is 32.6 Å². The Morgan fingerprint density at radius 2 is 1.60 bits per heavy atom. The van der Waals surface area contributed by atoms with Crippen LogP contribution in [0.5, 0.6) is 0 Å². The predicted octanol–water partition coefficient (Wildman–Crippen LogP) is -1.09. The Bertz CT molecular complexity index is 530. The zero-order valence-corrected chi connectivity index (χ0v) is 16.9. The van der Waals surface area contributed by atoms with Gasteiger partial charge in [0.25, 0.3) is 0 Å². The first-order valence-electron chi connectivity index (χ1n) is 7.81. The van der Waals surface area contributed by atoms with Crippen LogP contribution in [0.25, 0.3) is 0 Å². The van der Waals surface area contributed by atoms with Gasteiger partial charge in [0.1, 0.15) is 0 Å². The van der Waals surface area contributed by atoms with E-state index in [0.717, 1.165) is 37.9 Å². The van der Waals surface area contributed by atoms with Gasteiger partial charge in [0.05, 0.1) is 0 Å². The predicted molar refractivity (Wildman–Crippen MR) is 100 cm³/mol. The molecule has 2 amide bonds. The molecule has 7 nitrogen and oxygen atoms in total. The van der Waals surface area contributed by atoms with Crippen molar-refractivity contribution in [1.82, 2.24) is 5.32 Å². The molecule has 141 valence electrons. The van der Waals surface area contributed by atoms with Crippen LogP contribution >= 0.6 is 0 Å². The molecule has 0 heterocycles. The first-order chi connectivity index (χ1) is 10.5. The van der Waals surface area contributed by atoms with Crippen molar-refractivity contribution >= 4 is 38.4 Å². The molecule has 8 heteroatoms. The topological polar surface area (TPSA) is 144 Å². The second-order valence-electron chi connectivity index (χ2n) is 6.10. The van der Waals surface area contributed by atoms with Gasteiger partial charge in [-0.05, 0) is 0 Å². The van der Waals surface area contributed by atoms with E-state index in [1.807, 2.05) is 47.8 Å². The number of nitrogens with zero attached hydrogens (tertiary/aromatic N) is 1. The van der Waals surface area contributed by atoms with E-state index in [4.69, 9.17) is 0 Å². The minimum atomic E-state index is 0. The van der Waals surface area contributed by atoms with Crippen molar-refractivity contribution in [3.8, 4) is 0 Å². The van der Waals surface area contributed by atoms with E-state index in [1.165, 1.54) is 4.40 Å². The average Bonchev–Trinajstić information content (AvgIpc) is 2.53. The molecule has 7 N–H and O–H groups in total. The minimum Gasteiger partial charge on any atom is -0.412 e. The Morgan fingerprint density at radius 1 is 1.08 bits per heavy atom. The maximum Gasteiger partial charge on any atom is -0.412 e. The molecule has 0 unspecified atom stereocenters. The van der Waals surface area contributed by atoms with Gasteiger partial charge in [-0.1, -0.05) is 0 Å². The summed E-state index contributed by atoms with van der Waals surface area (Å²) in [5.41, 5.74) is 0.955. The Hall–Kier alpha value is -1.42. The van der Waals surface area contributed by atoms with Crippen LogP contribution in [0.15, 0.2) is 24.3 Å². The fourth-order valence-corrected chi connectivity index (χ4v) is 3.34. The minimum absolute atomic E-state index is 0. The van der Waals surface area contributed by atoms with Crippen LogP contribution in [0.1, 0.15) is 32.6 Å². The Kier molecular flexibility index (Phi) is 12.4. The summed E-state index contributed by atoms with van der Waals surface area (Å²) in [6.07, 6.45) is 3.86. The summed E-state index contributed by atoms with van der Waals surface area (Å²) in [5.74, 6) is 0.858. The fraction of sp³-hybridized carbons (Fsp3) is 0.529. The maximum atomic E-state index is 12.6. The molecular weight excluding hydrogens is 385 g/mol. The number of benzene rings is 1. The van der Waals surface area contributed by atoms with Crippen LogP contribution < -0.4 is 14.6 Å². The first kappa shape index (κ1) is 25.8. The van der Waals surface area contributed by atoms with Crippen molar-refractivity contribution in [3.63, 3.8) is 0 Å². The monoisotopic (exact) mass is 415 g/mol. The fourth-order valence-electron chi connectivity index (χ4n) is 2.99. The van der Waals surface area contributed by atoms with Crippen LogP contribution in [0.3, 0.4) is 0 Å². The van der Waals surface area contributed by atoms with E-state index < -0.39 is 0 Å². The second-order valence-corrected chi connectivity index (χ2v) is 7.31. The van der Waals surface area contributed by atoms with Gasteiger partial charge in [-0.3, -0.25) is 4.79 Å². The largest absolute Gasteiger partial charge is 0.412 e. The van der Waals surface area contributed by atoms with Gasteiger partial charge in [0.2, 0.25) is 5.91 Å². The summed E-state index contributed by atoms with van der Waals surface area (Å²) < 4.78 is 1.20. The molecular formula is C17H29GeN2O5. The molecule has 1 aliphatic carbocycles. The smallest absolute Gasteiger partial charge is 0.412 e. The van der Waals surface area contributed by atoms with Crippen LogP contribution in [0.4, 0.5) is 5.69 Å². The van der Waals surface area contributed by atoms with Crippen molar-refractivity contribution < 1.29 is 26.0 Å². The van der Waals surface area contributed by atoms with Crippen LogP contribution in [-0.4, -0.2) is 58.3 Å². The molecule has 1 fully saturated rings. The Morgan fingerprint density at radius 3 is 2.08 bits per heavy atom. The molecule has 0 saturated heterocycles. The number of hydrogen-bond acceptors (Lipinski definition) is 2. The van der Waals surface area contributed by atoms with Crippen molar-refractivity contribution in [2.75, 3.05) is 18.5 Å². The molecule has 1 aromatic carbocycles. The molecule has 25 heavy (non-hydrogen) atoms. The van der Waals surface area contributed by atoms with Crippen molar-refractivity contribution in [2.24, 2.45) is 11.8 Å². The van der Waals surface area contributed by atoms with E-state index >= 15 is 0 Å². The molecule has 1 aromatic rings. The number of rotatable bonds is 4. The normalized spacial score (nSPS) is 18.7. The second kappa shape index (κ2) is 12.0. The summed E-state index contributed by atoms with van der Waals surface area (Å²) in [5, 5.41) is 2.88. The van der Waals surface area contributed by atoms with E-state index in [-0.39, 0.29) is 34.2 Å². The average molecular weight is 414 g/mol. The van der Waals surface area contributed by atoms with Gasteiger partial charge in [-0.2, -0.15) is 0 Å². The molecule has 2 rings (SSSR count). The molecule has 0 aliphatic heterocycles. The van der Waals surface area contributed by atoms with Gasteiger partial charge in [-0.25, -0.2) is 0 Å². The number of carbonyl (C=O) groups is 2. The standard InChI is InChI=1S/C17H23GeN2O2.3H2O/c1-12(21)19-11-13-3-5-14(6-4-13)17(22)20(2)16-9-7-15(18)8-10-16;;;/h7-10,13-14H,3-6,11H2,1-2H3,(H,19,21);3*1H2. The molecule has 1 saturated carbocycles. The number of amides is 2. The molecule has 0 aromatic heterocycles. The summed E-state index contributed by atoms with van der Waals surface area (Å²) in [7, 11) is 1.86. The zero-order valence-electron chi connectivity index (χ0n) is 14.8. The van der Waals surface area contributed by atoms with Gasteiger partial charge >= 0.3 is 123 Å². The molecule has 1 aliphatic rings. The third-order valence-electron chi connectivity index (χ3n) is 4.42. The van der Waals surface area contributed by atoms with E-state index in [0.29, 0.717) is 5.92 Å². The molecule has 0 bridgehead atoms. The van der Waals surface area contributed by atoms with Gasteiger partial charge < -0.3 is 16.4 Å². The molecule has 0 atom stereocenters. The summed E-state index contributed by atoms with van der Waals surface area (Å²) in [4.78, 5) is 25.3. The van der Waals surface area contributed by atoms with Gasteiger partial charge in [-0.15, -0.1) is 0 Å². The Labute approximate surface area is 157 Å². The van der Waals surface area contributed by atoms with Crippen LogP contribution in [0, 0.1) is 11.8 Å². The number of hydrogen-bond donors (Lipinski definition) is 1. The summed E-state index contributed by atoms with van der Waals surface area (Å²) >= 11 is 2.04. The first-order valence-corrected chi connectivity index (χ1v) is 8.86. The van der Waals surface area contributed by atoms with E-state index in [9.17, 15) is 9.59 Å². The van der Waals surface area contributed by atoms with E-state index in [2.05, 4.69) is 5.32 Å². The number of carbonyl (C=O) groups excluding carboxylic acids is 2. The van der Waals surface area contributed by atoms with Crippen LogP contribution in [-0.2, 0) is 9.59 Å². The quantitative estimate of drug-likeness (QED) is 0.625. The van der Waals surface area contributed by atoms with Crippen molar-refractivity contribution in [3.05, 3.63) is 24.3 Å². The molecule has 3 radical (unpaired) electrons. The van der Waals surface area contributed by atoms with Crippen LogP contribution in [0.2, 0.25) is 0 Å². The molecule has 0 spiro atoms. The maximum absolute atomic E-state index is 12.6. The van der Waals surface area contributed by atoms with E-state index in [1.54, 1.807) is 11.8 Å². The zero-order chi connectivity index (χ0) is 16.1. The summed E-state index contributed by atoms with van der Waals surface area (Å²) in [6.45, 7) is 2.29. The van der Waals surface area contributed by atoms with Gasteiger partial charge in [0, 0.05) is 6.92 Å². The number of anilines is 1.